The molecule has 1 aromatic rings. The van der Waals surface area contributed by atoms with Gasteiger partial charge in [0.05, 0.1) is 6.54 Å². The largest absolute Gasteiger partial charge is 0.305 e. The smallest absolute Gasteiger partial charge is 0.141 e. The van der Waals surface area contributed by atoms with Crippen molar-refractivity contribution in [1.82, 2.24) is 20.1 Å². The first-order valence-electron chi connectivity index (χ1n) is 6.22. The highest BCUT2D eigenvalue weighted by Crippen LogP contribution is 2.16. The molecule has 0 saturated heterocycles. The van der Waals surface area contributed by atoms with E-state index in [2.05, 4.69) is 43.1 Å². The lowest BCUT2D eigenvalue weighted by molar-refractivity contribution is 0.321. The van der Waals surface area contributed by atoms with E-state index in [0.29, 0.717) is 11.9 Å². The SMILES string of the molecule is CCC(C)(CCCl)NCc1ncnn1C(C)C. The molecule has 1 atom stereocenters. The maximum atomic E-state index is 5.83. The summed E-state index contributed by atoms with van der Waals surface area (Å²) in [7, 11) is 0. The molecule has 0 spiro atoms. The highest BCUT2D eigenvalue weighted by molar-refractivity contribution is 6.17. The van der Waals surface area contributed by atoms with Gasteiger partial charge < -0.3 is 5.32 Å². The molecule has 0 aliphatic heterocycles. The second kappa shape index (κ2) is 6.36. The summed E-state index contributed by atoms with van der Waals surface area (Å²) in [5, 5.41) is 7.76. The molecule has 0 radical (unpaired) electrons. The van der Waals surface area contributed by atoms with Gasteiger partial charge in [0, 0.05) is 17.5 Å². The predicted octanol–water partition coefficient (Wildman–Crippen LogP) is 2.75. The van der Waals surface area contributed by atoms with Crippen LogP contribution in [0.2, 0.25) is 0 Å². The van der Waals surface area contributed by atoms with Gasteiger partial charge in [0.15, 0.2) is 0 Å². The quantitative estimate of drug-likeness (QED) is 0.765. The van der Waals surface area contributed by atoms with Crippen molar-refractivity contribution >= 4 is 11.6 Å². The lowest BCUT2D eigenvalue weighted by Gasteiger charge is -2.29. The highest BCUT2D eigenvalue weighted by Gasteiger charge is 2.21. The van der Waals surface area contributed by atoms with Crippen molar-refractivity contribution in [3.05, 3.63) is 12.2 Å². The maximum Gasteiger partial charge on any atom is 0.141 e. The summed E-state index contributed by atoms with van der Waals surface area (Å²) in [6.45, 7) is 9.32. The summed E-state index contributed by atoms with van der Waals surface area (Å²) >= 11 is 5.83. The Bertz CT molecular complexity index is 337. The zero-order valence-electron chi connectivity index (χ0n) is 11.2. The van der Waals surface area contributed by atoms with Crippen LogP contribution in [0.4, 0.5) is 0 Å². The summed E-state index contributed by atoms with van der Waals surface area (Å²) < 4.78 is 1.95. The second-order valence-electron chi connectivity index (χ2n) is 4.92. The lowest BCUT2D eigenvalue weighted by atomic mass is 9.95. The third-order valence-electron chi connectivity index (χ3n) is 3.24. The van der Waals surface area contributed by atoms with Crippen molar-refractivity contribution in [2.45, 2.75) is 58.7 Å². The molecule has 1 N–H and O–H groups in total. The van der Waals surface area contributed by atoms with Crippen molar-refractivity contribution in [2.75, 3.05) is 5.88 Å². The van der Waals surface area contributed by atoms with Crippen LogP contribution in [0, 0.1) is 0 Å². The van der Waals surface area contributed by atoms with Crippen molar-refractivity contribution in [2.24, 2.45) is 0 Å². The summed E-state index contributed by atoms with van der Waals surface area (Å²) in [6.07, 6.45) is 3.62. The molecule has 0 bridgehead atoms. The van der Waals surface area contributed by atoms with E-state index in [4.69, 9.17) is 11.6 Å². The molecule has 98 valence electrons. The molecule has 0 amide bonds. The number of hydrogen-bond donors (Lipinski definition) is 1. The van der Waals surface area contributed by atoms with Gasteiger partial charge >= 0.3 is 0 Å². The standard InChI is InChI=1S/C12H23ClN4/c1-5-12(4,6-7-13)15-8-11-14-9-16-17(11)10(2)3/h9-10,15H,5-8H2,1-4H3. The van der Waals surface area contributed by atoms with Crippen LogP contribution in [-0.2, 0) is 6.54 Å². The van der Waals surface area contributed by atoms with Gasteiger partial charge in [-0.3, -0.25) is 0 Å². The normalized spacial score (nSPS) is 15.2. The van der Waals surface area contributed by atoms with Gasteiger partial charge in [-0.25, -0.2) is 9.67 Å². The number of nitrogens with zero attached hydrogens (tertiary/aromatic N) is 3. The molecule has 17 heavy (non-hydrogen) atoms. The summed E-state index contributed by atoms with van der Waals surface area (Å²) in [4.78, 5) is 4.29. The van der Waals surface area contributed by atoms with Gasteiger partial charge in [-0.2, -0.15) is 5.10 Å². The monoisotopic (exact) mass is 258 g/mol. The molecule has 1 aromatic heterocycles. The minimum Gasteiger partial charge on any atom is -0.305 e. The van der Waals surface area contributed by atoms with Crippen molar-refractivity contribution < 1.29 is 0 Å². The number of nitrogens with one attached hydrogen (secondary N) is 1. The maximum absolute atomic E-state index is 5.83. The van der Waals surface area contributed by atoms with Crippen LogP contribution in [0.25, 0.3) is 0 Å². The van der Waals surface area contributed by atoms with Gasteiger partial charge in [0.1, 0.15) is 12.2 Å². The molecule has 0 aliphatic carbocycles. The van der Waals surface area contributed by atoms with E-state index >= 15 is 0 Å². The van der Waals surface area contributed by atoms with E-state index in [1.165, 1.54) is 0 Å². The third kappa shape index (κ3) is 3.96. The molecule has 0 fully saturated rings. The van der Waals surface area contributed by atoms with Crippen molar-refractivity contribution in [3.63, 3.8) is 0 Å². The molecule has 5 heteroatoms. The third-order valence-corrected chi connectivity index (χ3v) is 3.43. The van der Waals surface area contributed by atoms with Crippen LogP contribution in [0.15, 0.2) is 6.33 Å². The Hall–Kier alpha value is -0.610. The van der Waals surface area contributed by atoms with E-state index in [-0.39, 0.29) is 5.54 Å². The molecular weight excluding hydrogens is 236 g/mol. The Kier molecular flexibility index (Phi) is 5.40. The Morgan fingerprint density at radius 3 is 2.76 bits per heavy atom. The summed E-state index contributed by atoms with van der Waals surface area (Å²) in [5.41, 5.74) is 0.0789. The van der Waals surface area contributed by atoms with E-state index in [0.717, 1.165) is 25.2 Å². The van der Waals surface area contributed by atoms with Gasteiger partial charge in [-0.15, -0.1) is 11.6 Å². The fourth-order valence-corrected chi connectivity index (χ4v) is 2.14. The first-order chi connectivity index (χ1) is 8.02. The van der Waals surface area contributed by atoms with Crippen LogP contribution in [0.1, 0.15) is 52.4 Å². The molecule has 0 aromatic carbocycles. The number of halogens is 1. The average Bonchev–Trinajstić information content (AvgIpc) is 2.75. The first kappa shape index (κ1) is 14.5. The number of hydrogen-bond acceptors (Lipinski definition) is 3. The highest BCUT2D eigenvalue weighted by atomic mass is 35.5. The Balaban J connectivity index is 2.62. The molecular formula is C12H23ClN4. The van der Waals surface area contributed by atoms with Crippen LogP contribution >= 0.6 is 11.6 Å². The Morgan fingerprint density at radius 1 is 1.53 bits per heavy atom. The van der Waals surface area contributed by atoms with Crippen LogP contribution in [-0.4, -0.2) is 26.2 Å². The minimum absolute atomic E-state index is 0.0789. The number of aromatic nitrogens is 3. The Morgan fingerprint density at radius 2 is 2.24 bits per heavy atom. The zero-order chi connectivity index (χ0) is 12.9. The number of alkyl halides is 1. The molecule has 1 rings (SSSR count). The molecule has 0 saturated carbocycles. The molecule has 1 unspecified atom stereocenters. The van der Waals surface area contributed by atoms with Gasteiger partial charge in [0.25, 0.3) is 0 Å². The Labute approximate surface area is 109 Å². The zero-order valence-corrected chi connectivity index (χ0v) is 12.0. The van der Waals surface area contributed by atoms with Gasteiger partial charge in [-0.05, 0) is 33.6 Å². The van der Waals surface area contributed by atoms with Crippen LogP contribution < -0.4 is 5.32 Å². The molecule has 0 aliphatic rings. The van der Waals surface area contributed by atoms with Gasteiger partial charge in [0.2, 0.25) is 0 Å². The fourth-order valence-electron chi connectivity index (χ4n) is 1.72. The topological polar surface area (TPSA) is 42.7 Å². The second-order valence-corrected chi connectivity index (χ2v) is 5.30. The minimum atomic E-state index is 0.0789. The van der Waals surface area contributed by atoms with E-state index in [1.54, 1.807) is 6.33 Å². The first-order valence-corrected chi connectivity index (χ1v) is 6.75. The van der Waals surface area contributed by atoms with E-state index in [1.807, 2.05) is 4.68 Å². The molecule has 1 heterocycles. The van der Waals surface area contributed by atoms with Crippen LogP contribution in [0.3, 0.4) is 0 Å². The predicted molar refractivity (Wildman–Crippen MR) is 71.3 cm³/mol. The average molecular weight is 259 g/mol. The number of rotatable bonds is 7. The summed E-state index contributed by atoms with van der Waals surface area (Å²) in [6, 6.07) is 0.343. The van der Waals surface area contributed by atoms with Crippen molar-refractivity contribution in [3.8, 4) is 0 Å². The summed E-state index contributed by atoms with van der Waals surface area (Å²) in [5.74, 6) is 1.66. The van der Waals surface area contributed by atoms with E-state index in [9.17, 15) is 0 Å². The van der Waals surface area contributed by atoms with E-state index < -0.39 is 0 Å². The van der Waals surface area contributed by atoms with Crippen LogP contribution in [0.5, 0.6) is 0 Å². The van der Waals surface area contributed by atoms with Gasteiger partial charge in [-0.1, -0.05) is 6.92 Å². The fraction of sp³-hybridized carbons (Fsp3) is 0.833. The lowest BCUT2D eigenvalue weighted by Crippen LogP contribution is -2.42. The molecule has 4 nitrogen and oxygen atoms in total. The van der Waals surface area contributed by atoms with Crippen molar-refractivity contribution in [1.29, 1.82) is 0 Å².